The second-order valence-corrected chi connectivity index (χ2v) is 3.76. The molecule has 0 saturated heterocycles. The SMILES string of the molecule is C=CC(C)(C)Cc1[c]cccc1. The Balaban J connectivity index is 2.70. The van der Waals surface area contributed by atoms with Crippen LogP contribution in [0.1, 0.15) is 19.4 Å². The van der Waals surface area contributed by atoms with Gasteiger partial charge in [-0.05, 0) is 23.5 Å². The molecule has 1 radical (unpaired) electrons. The van der Waals surface area contributed by atoms with E-state index in [0.717, 1.165) is 6.42 Å². The van der Waals surface area contributed by atoms with E-state index in [1.165, 1.54) is 5.56 Å². The number of hydrogen-bond donors (Lipinski definition) is 0. The molecule has 0 aliphatic heterocycles. The van der Waals surface area contributed by atoms with E-state index in [2.05, 4.69) is 32.6 Å². The van der Waals surface area contributed by atoms with Gasteiger partial charge in [0.2, 0.25) is 0 Å². The molecule has 0 N–H and O–H groups in total. The van der Waals surface area contributed by atoms with E-state index in [4.69, 9.17) is 0 Å². The molecule has 12 heavy (non-hydrogen) atoms. The molecule has 0 unspecified atom stereocenters. The third-order valence-electron chi connectivity index (χ3n) is 1.97. The Labute approximate surface area is 74.9 Å². The van der Waals surface area contributed by atoms with Crippen LogP contribution in [0.3, 0.4) is 0 Å². The lowest BCUT2D eigenvalue weighted by molar-refractivity contribution is 0.479. The van der Waals surface area contributed by atoms with Crippen LogP contribution in [0.25, 0.3) is 0 Å². The van der Waals surface area contributed by atoms with Crippen molar-refractivity contribution < 1.29 is 0 Å². The summed E-state index contributed by atoms with van der Waals surface area (Å²) in [6.45, 7) is 8.18. The lowest BCUT2D eigenvalue weighted by Gasteiger charge is -2.19. The highest BCUT2D eigenvalue weighted by atomic mass is 14.2. The van der Waals surface area contributed by atoms with Crippen molar-refractivity contribution in [3.8, 4) is 0 Å². The lowest BCUT2D eigenvalue weighted by atomic mass is 9.86. The van der Waals surface area contributed by atoms with Crippen molar-refractivity contribution in [1.82, 2.24) is 0 Å². The number of rotatable bonds is 3. The average molecular weight is 159 g/mol. The molecule has 0 amide bonds. The fourth-order valence-electron chi connectivity index (χ4n) is 1.10. The van der Waals surface area contributed by atoms with Gasteiger partial charge in [0, 0.05) is 0 Å². The Kier molecular flexibility index (Phi) is 2.69. The maximum Gasteiger partial charge on any atom is -0.0137 e. The summed E-state index contributed by atoms with van der Waals surface area (Å²) in [6, 6.07) is 11.3. The molecule has 0 bridgehead atoms. The minimum Gasteiger partial charge on any atom is -0.103 e. The quantitative estimate of drug-likeness (QED) is 0.594. The van der Waals surface area contributed by atoms with Crippen LogP contribution in [0.4, 0.5) is 0 Å². The van der Waals surface area contributed by atoms with Crippen LogP contribution in [0.2, 0.25) is 0 Å². The number of hydrogen-bond acceptors (Lipinski definition) is 0. The highest BCUT2D eigenvalue weighted by molar-refractivity contribution is 5.15. The van der Waals surface area contributed by atoms with Crippen molar-refractivity contribution in [1.29, 1.82) is 0 Å². The van der Waals surface area contributed by atoms with Gasteiger partial charge in [-0.2, -0.15) is 0 Å². The highest BCUT2D eigenvalue weighted by Crippen LogP contribution is 2.21. The predicted molar refractivity (Wildman–Crippen MR) is 53.0 cm³/mol. The third-order valence-corrected chi connectivity index (χ3v) is 1.97. The van der Waals surface area contributed by atoms with Gasteiger partial charge in [-0.25, -0.2) is 0 Å². The van der Waals surface area contributed by atoms with Crippen molar-refractivity contribution in [3.63, 3.8) is 0 Å². The summed E-state index contributed by atoms with van der Waals surface area (Å²) in [6.07, 6.45) is 3.01. The monoisotopic (exact) mass is 159 g/mol. The molecule has 0 heteroatoms. The smallest absolute Gasteiger partial charge is 0.0137 e. The van der Waals surface area contributed by atoms with Crippen LogP contribution >= 0.6 is 0 Å². The normalized spacial score (nSPS) is 11.2. The molecule has 1 aromatic rings. The summed E-state index contributed by atoms with van der Waals surface area (Å²) < 4.78 is 0. The second kappa shape index (κ2) is 3.57. The van der Waals surface area contributed by atoms with E-state index in [9.17, 15) is 0 Å². The predicted octanol–water partition coefficient (Wildman–Crippen LogP) is 3.24. The first kappa shape index (κ1) is 9.05. The molecule has 0 atom stereocenters. The van der Waals surface area contributed by atoms with E-state index in [0.29, 0.717) is 0 Å². The van der Waals surface area contributed by atoms with E-state index in [-0.39, 0.29) is 5.41 Å². The van der Waals surface area contributed by atoms with Gasteiger partial charge in [-0.15, -0.1) is 6.58 Å². The minimum atomic E-state index is 0.178. The van der Waals surface area contributed by atoms with Gasteiger partial charge in [0.05, 0.1) is 0 Å². The minimum absolute atomic E-state index is 0.178. The number of allylic oxidation sites excluding steroid dienone is 1. The van der Waals surface area contributed by atoms with E-state index in [1.807, 2.05) is 24.3 Å². The fraction of sp³-hybridized carbons (Fsp3) is 0.333. The van der Waals surface area contributed by atoms with Gasteiger partial charge in [0.1, 0.15) is 0 Å². The first-order valence-electron chi connectivity index (χ1n) is 4.23. The molecule has 0 saturated carbocycles. The molecule has 0 aromatic heterocycles. The Morgan fingerprint density at radius 1 is 1.50 bits per heavy atom. The Morgan fingerprint density at radius 3 is 2.75 bits per heavy atom. The maximum absolute atomic E-state index is 3.81. The van der Waals surface area contributed by atoms with Gasteiger partial charge in [0.15, 0.2) is 0 Å². The van der Waals surface area contributed by atoms with Crippen LogP contribution in [0.5, 0.6) is 0 Å². The molecule has 63 valence electrons. The topological polar surface area (TPSA) is 0 Å². The van der Waals surface area contributed by atoms with Gasteiger partial charge < -0.3 is 0 Å². The molecule has 0 spiro atoms. The fourth-order valence-corrected chi connectivity index (χ4v) is 1.10. The Hall–Kier alpha value is -1.04. The first-order valence-corrected chi connectivity index (χ1v) is 4.23. The summed E-state index contributed by atoms with van der Waals surface area (Å²) in [7, 11) is 0. The Bertz CT molecular complexity index is 244. The van der Waals surface area contributed by atoms with Gasteiger partial charge in [0.25, 0.3) is 0 Å². The molecule has 0 heterocycles. The van der Waals surface area contributed by atoms with Crippen molar-refractivity contribution in [2.75, 3.05) is 0 Å². The highest BCUT2D eigenvalue weighted by Gasteiger charge is 2.12. The summed E-state index contributed by atoms with van der Waals surface area (Å²) in [5, 5.41) is 0. The largest absolute Gasteiger partial charge is 0.103 e. The average Bonchev–Trinajstić information content (AvgIpc) is 2.06. The molecule has 0 aliphatic rings. The number of benzene rings is 1. The zero-order valence-corrected chi connectivity index (χ0v) is 7.80. The third kappa shape index (κ3) is 2.54. The summed E-state index contributed by atoms with van der Waals surface area (Å²) >= 11 is 0. The second-order valence-electron chi connectivity index (χ2n) is 3.76. The lowest BCUT2D eigenvalue weighted by Crippen LogP contribution is -2.10. The zero-order chi connectivity index (χ0) is 9.03. The molecule has 0 fully saturated rings. The maximum atomic E-state index is 3.81. The summed E-state index contributed by atoms with van der Waals surface area (Å²) in [5.74, 6) is 0. The van der Waals surface area contributed by atoms with E-state index >= 15 is 0 Å². The van der Waals surface area contributed by atoms with Gasteiger partial charge in [-0.3, -0.25) is 0 Å². The van der Waals surface area contributed by atoms with Crippen LogP contribution < -0.4 is 0 Å². The van der Waals surface area contributed by atoms with Crippen molar-refractivity contribution in [3.05, 3.63) is 48.6 Å². The van der Waals surface area contributed by atoms with Crippen molar-refractivity contribution >= 4 is 0 Å². The molecule has 1 rings (SSSR count). The summed E-state index contributed by atoms with van der Waals surface area (Å²) in [5.41, 5.74) is 1.43. The van der Waals surface area contributed by atoms with E-state index in [1.54, 1.807) is 0 Å². The molecule has 1 aromatic carbocycles. The van der Waals surface area contributed by atoms with E-state index < -0.39 is 0 Å². The molecule has 0 aliphatic carbocycles. The standard InChI is InChI=1S/C12H15/c1-4-12(2,3)10-11-8-6-5-7-9-11/h4-8H,1,10H2,2-3H3. The van der Waals surface area contributed by atoms with Gasteiger partial charge in [-0.1, -0.05) is 44.2 Å². The summed E-state index contributed by atoms with van der Waals surface area (Å²) in [4.78, 5) is 0. The van der Waals surface area contributed by atoms with Gasteiger partial charge >= 0.3 is 0 Å². The van der Waals surface area contributed by atoms with Crippen molar-refractivity contribution in [2.45, 2.75) is 20.3 Å². The molecule has 0 nitrogen and oxygen atoms in total. The Morgan fingerprint density at radius 2 is 2.25 bits per heavy atom. The van der Waals surface area contributed by atoms with Crippen LogP contribution in [-0.4, -0.2) is 0 Å². The molecular formula is C12H15. The molecular weight excluding hydrogens is 144 g/mol. The van der Waals surface area contributed by atoms with Crippen molar-refractivity contribution in [2.24, 2.45) is 5.41 Å². The first-order chi connectivity index (χ1) is 5.64. The van der Waals surface area contributed by atoms with Crippen LogP contribution in [-0.2, 0) is 6.42 Å². The van der Waals surface area contributed by atoms with Crippen LogP contribution in [0, 0.1) is 11.5 Å². The van der Waals surface area contributed by atoms with Crippen LogP contribution in [0.15, 0.2) is 36.9 Å². The zero-order valence-electron chi connectivity index (χ0n) is 7.80.